The van der Waals surface area contributed by atoms with Crippen molar-refractivity contribution >= 4 is 11.6 Å². The number of carbonyl (C=O) groups excluding carboxylic acids is 1. The van der Waals surface area contributed by atoms with Gasteiger partial charge in [0.2, 0.25) is 0 Å². The molecule has 0 atom stereocenters. The summed E-state index contributed by atoms with van der Waals surface area (Å²) in [6, 6.07) is 10.2. The number of benzene rings is 1. The molecule has 0 spiro atoms. The van der Waals surface area contributed by atoms with E-state index in [2.05, 4.69) is 9.97 Å². The second-order valence-corrected chi connectivity index (χ2v) is 6.38. The van der Waals surface area contributed by atoms with Crippen molar-refractivity contribution in [2.45, 2.75) is 25.7 Å². The summed E-state index contributed by atoms with van der Waals surface area (Å²) in [5, 5.41) is 0. The number of anilines is 1. The lowest BCUT2D eigenvalue weighted by Gasteiger charge is -2.12. The van der Waals surface area contributed by atoms with Crippen molar-refractivity contribution in [3.05, 3.63) is 70.8 Å². The van der Waals surface area contributed by atoms with Gasteiger partial charge in [0.1, 0.15) is 11.6 Å². The fourth-order valence-corrected chi connectivity index (χ4v) is 3.55. The third-order valence-corrected chi connectivity index (χ3v) is 4.63. The van der Waals surface area contributed by atoms with Crippen molar-refractivity contribution in [1.82, 2.24) is 9.97 Å². The Bertz CT molecular complexity index is 961. The van der Waals surface area contributed by atoms with Crippen molar-refractivity contribution in [2.24, 2.45) is 0 Å². The summed E-state index contributed by atoms with van der Waals surface area (Å²) in [7, 11) is 0. The number of aromatic nitrogens is 2. The number of nitrogens with zero attached hydrogens (tertiary/aromatic N) is 1. The molecule has 0 bridgehead atoms. The minimum absolute atomic E-state index is 0.150. The zero-order chi connectivity index (χ0) is 17.4. The van der Waals surface area contributed by atoms with Gasteiger partial charge in [-0.25, -0.2) is 9.37 Å². The lowest BCUT2D eigenvalue weighted by molar-refractivity contribution is 0.0971. The van der Waals surface area contributed by atoms with Gasteiger partial charge in [0.25, 0.3) is 0 Å². The lowest BCUT2D eigenvalue weighted by atomic mass is 9.89. The van der Waals surface area contributed by atoms with Crippen LogP contribution in [0.15, 0.2) is 42.6 Å². The van der Waals surface area contributed by atoms with E-state index in [-0.39, 0.29) is 11.6 Å². The standard InChI is InChI=1S/C20H18FN3O/c21-14-4-1-3-12(9-14)10-15-19-16(5-2-6-17(19)25)24-20(15)13-7-8-23-18(22)11-13/h1,3-4,7-9,11,24H,2,5-6,10H2,(H2,22,23). The highest BCUT2D eigenvalue weighted by molar-refractivity contribution is 6.01. The molecule has 0 amide bonds. The highest BCUT2D eigenvalue weighted by atomic mass is 19.1. The Morgan fingerprint density at radius 3 is 2.88 bits per heavy atom. The van der Waals surface area contributed by atoms with Gasteiger partial charge in [-0.05, 0) is 48.2 Å². The molecule has 0 saturated carbocycles. The summed E-state index contributed by atoms with van der Waals surface area (Å²) >= 11 is 0. The number of aromatic amines is 1. The van der Waals surface area contributed by atoms with Crippen LogP contribution in [0.5, 0.6) is 0 Å². The van der Waals surface area contributed by atoms with Gasteiger partial charge in [-0.1, -0.05) is 12.1 Å². The number of Topliss-reactive ketones (excluding diaryl/α,β-unsaturated/α-hetero) is 1. The predicted molar refractivity (Wildman–Crippen MR) is 94.9 cm³/mol. The van der Waals surface area contributed by atoms with Gasteiger partial charge in [-0.15, -0.1) is 0 Å². The number of rotatable bonds is 3. The summed E-state index contributed by atoms with van der Waals surface area (Å²) in [5.41, 5.74) is 11.1. The van der Waals surface area contributed by atoms with Gasteiger partial charge in [0, 0.05) is 35.9 Å². The number of H-pyrrole nitrogens is 1. The Hall–Kier alpha value is -2.95. The van der Waals surface area contributed by atoms with Gasteiger partial charge in [-0.3, -0.25) is 4.79 Å². The second-order valence-electron chi connectivity index (χ2n) is 6.38. The molecule has 0 saturated heterocycles. The van der Waals surface area contributed by atoms with E-state index in [9.17, 15) is 9.18 Å². The molecule has 4 nitrogen and oxygen atoms in total. The van der Waals surface area contributed by atoms with Crippen LogP contribution in [0.3, 0.4) is 0 Å². The molecule has 0 unspecified atom stereocenters. The molecule has 1 aliphatic rings. The van der Waals surface area contributed by atoms with Crippen molar-refractivity contribution in [2.75, 3.05) is 5.73 Å². The summed E-state index contributed by atoms with van der Waals surface area (Å²) in [4.78, 5) is 20.0. The van der Waals surface area contributed by atoms with Crippen molar-refractivity contribution in [1.29, 1.82) is 0 Å². The number of nitrogens with two attached hydrogens (primary N) is 1. The molecule has 3 aromatic rings. The number of hydrogen-bond acceptors (Lipinski definition) is 3. The van der Waals surface area contributed by atoms with E-state index in [1.807, 2.05) is 12.1 Å². The topological polar surface area (TPSA) is 71.8 Å². The fourth-order valence-electron chi connectivity index (χ4n) is 3.55. The van der Waals surface area contributed by atoms with Crippen LogP contribution in [-0.2, 0) is 12.8 Å². The smallest absolute Gasteiger partial charge is 0.165 e. The Balaban J connectivity index is 1.87. The first-order valence-electron chi connectivity index (χ1n) is 8.35. The number of hydrogen-bond donors (Lipinski definition) is 2. The highest BCUT2D eigenvalue weighted by Gasteiger charge is 2.26. The quantitative estimate of drug-likeness (QED) is 0.762. The van der Waals surface area contributed by atoms with Crippen LogP contribution in [0, 0.1) is 5.82 Å². The Kier molecular flexibility index (Phi) is 3.84. The van der Waals surface area contributed by atoms with Crippen LogP contribution >= 0.6 is 0 Å². The largest absolute Gasteiger partial charge is 0.384 e. The van der Waals surface area contributed by atoms with Crippen molar-refractivity contribution in [3.63, 3.8) is 0 Å². The minimum atomic E-state index is -0.275. The number of aryl methyl sites for hydroxylation is 1. The molecule has 1 aliphatic carbocycles. The Morgan fingerprint density at radius 2 is 2.08 bits per heavy atom. The lowest BCUT2D eigenvalue weighted by Crippen LogP contribution is -2.11. The first-order valence-corrected chi connectivity index (χ1v) is 8.35. The normalized spacial score (nSPS) is 13.7. The first-order chi connectivity index (χ1) is 12.1. The van der Waals surface area contributed by atoms with Crippen LogP contribution in [0.2, 0.25) is 0 Å². The Morgan fingerprint density at radius 1 is 1.20 bits per heavy atom. The molecule has 0 fully saturated rings. The van der Waals surface area contributed by atoms with Gasteiger partial charge >= 0.3 is 0 Å². The molecular weight excluding hydrogens is 317 g/mol. The summed E-state index contributed by atoms with van der Waals surface area (Å²) in [6.45, 7) is 0. The summed E-state index contributed by atoms with van der Waals surface area (Å²) in [5.74, 6) is 0.299. The monoisotopic (exact) mass is 335 g/mol. The van der Waals surface area contributed by atoms with Gasteiger partial charge < -0.3 is 10.7 Å². The second kappa shape index (κ2) is 6.16. The molecule has 0 radical (unpaired) electrons. The third kappa shape index (κ3) is 2.93. The number of nitrogen functional groups attached to an aromatic ring is 1. The molecule has 3 N–H and O–H groups in total. The molecule has 2 aromatic heterocycles. The molecule has 4 rings (SSSR count). The minimum Gasteiger partial charge on any atom is -0.384 e. The summed E-state index contributed by atoms with van der Waals surface area (Å²) in [6.07, 6.45) is 4.39. The number of fused-ring (bicyclic) bond motifs is 1. The number of pyridine rings is 1. The predicted octanol–water partition coefficient (Wildman–Crippen LogP) is 3.91. The number of ketones is 1. The van der Waals surface area contributed by atoms with Crippen LogP contribution in [0.25, 0.3) is 11.3 Å². The molecule has 25 heavy (non-hydrogen) atoms. The average Bonchev–Trinajstić information content (AvgIpc) is 2.95. The zero-order valence-corrected chi connectivity index (χ0v) is 13.7. The molecular formula is C20H18FN3O. The number of halogens is 1. The number of carbonyl (C=O) groups is 1. The third-order valence-electron chi connectivity index (χ3n) is 4.63. The maximum absolute atomic E-state index is 13.6. The van der Waals surface area contributed by atoms with Crippen LogP contribution in [0.4, 0.5) is 10.2 Å². The van der Waals surface area contributed by atoms with Crippen molar-refractivity contribution in [3.8, 4) is 11.3 Å². The highest BCUT2D eigenvalue weighted by Crippen LogP contribution is 2.34. The maximum Gasteiger partial charge on any atom is 0.165 e. The molecule has 0 aliphatic heterocycles. The maximum atomic E-state index is 13.6. The van der Waals surface area contributed by atoms with E-state index >= 15 is 0 Å². The molecule has 1 aromatic carbocycles. The number of nitrogens with one attached hydrogen (secondary N) is 1. The van der Waals surface area contributed by atoms with E-state index in [1.54, 1.807) is 18.3 Å². The Labute approximate surface area is 144 Å². The van der Waals surface area contributed by atoms with E-state index < -0.39 is 0 Å². The van der Waals surface area contributed by atoms with Crippen LogP contribution in [-0.4, -0.2) is 15.8 Å². The van der Waals surface area contributed by atoms with Gasteiger partial charge in [-0.2, -0.15) is 0 Å². The summed E-state index contributed by atoms with van der Waals surface area (Å²) < 4.78 is 13.6. The fraction of sp³-hybridized carbons (Fsp3) is 0.200. The van der Waals surface area contributed by atoms with E-state index in [0.29, 0.717) is 18.7 Å². The molecule has 5 heteroatoms. The first kappa shape index (κ1) is 15.6. The van der Waals surface area contributed by atoms with Gasteiger partial charge in [0.15, 0.2) is 5.78 Å². The van der Waals surface area contributed by atoms with Crippen molar-refractivity contribution < 1.29 is 9.18 Å². The molecule has 126 valence electrons. The SMILES string of the molecule is Nc1cc(-c2[nH]c3c(c2Cc2cccc(F)c2)C(=O)CCC3)ccn1. The average molecular weight is 335 g/mol. The van der Waals surface area contributed by atoms with E-state index in [4.69, 9.17) is 5.73 Å². The zero-order valence-electron chi connectivity index (χ0n) is 13.7. The van der Waals surface area contributed by atoms with E-state index in [1.165, 1.54) is 12.1 Å². The van der Waals surface area contributed by atoms with Crippen LogP contribution in [0.1, 0.15) is 40.0 Å². The molecule has 2 heterocycles. The van der Waals surface area contributed by atoms with Gasteiger partial charge in [0.05, 0.1) is 5.69 Å². The van der Waals surface area contributed by atoms with E-state index in [0.717, 1.165) is 46.5 Å². The van der Waals surface area contributed by atoms with Crippen LogP contribution < -0.4 is 5.73 Å².